The molecular weight excluding hydrogens is 384 g/mol. The molecular formula is C26H22N4O. The number of rotatable bonds is 5. The van der Waals surface area contributed by atoms with Crippen molar-refractivity contribution >= 4 is 28.2 Å². The third-order valence-electron chi connectivity index (χ3n) is 5.23. The maximum Gasteiger partial charge on any atom is 0.193 e. The zero-order chi connectivity index (χ0) is 21.0. The lowest BCUT2D eigenvalue weighted by molar-refractivity contribution is 1.01. The molecule has 5 rings (SSSR count). The van der Waals surface area contributed by atoms with Gasteiger partial charge in [-0.05, 0) is 43.2 Å². The first-order valence-electron chi connectivity index (χ1n) is 10.3. The maximum absolute atomic E-state index is 12.9. The van der Waals surface area contributed by atoms with Gasteiger partial charge in [0.2, 0.25) is 0 Å². The first-order chi connectivity index (χ1) is 15.3. The first kappa shape index (κ1) is 18.9. The highest BCUT2D eigenvalue weighted by Crippen LogP contribution is 2.26. The summed E-state index contributed by atoms with van der Waals surface area (Å²) in [6.07, 6.45) is 10.0. The Morgan fingerprint density at radius 1 is 0.871 bits per heavy atom. The fourth-order valence-corrected chi connectivity index (χ4v) is 3.75. The molecule has 152 valence electrons. The Bertz CT molecular complexity index is 1340. The first-order valence-corrected chi connectivity index (χ1v) is 10.3. The number of benzene rings is 2. The van der Waals surface area contributed by atoms with Crippen LogP contribution in [0.2, 0.25) is 0 Å². The smallest absolute Gasteiger partial charge is 0.193 e. The molecule has 31 heavy (non-hydrogen) atoms. The fraction of sp³-hybridized carbons (Fsp3) is 0.0769. The number of hydrogen-bond donors (Lipinski definition) is 2. The van der Waals surface area contributed by atoms with Crippen LogP contribution in [0.15, 0.2) is 108 Å². The largest absolute Gasteiger partial charge is 0.342 e. The minimum Gasteiger partial charge on any atom is -0.342 e. The molecule has 1 aliphatic carbocycles. The number of fused-ring (bicyclic) bond motifs is 1. The minimum absolute atomic E-state index is 0.0659. The molecule has 1 aliphatic rings. The van der Waals surface area contributed by atoms with Crippen molar-refractivity contribution in [2.75, 3.05) is 10.6 Å². The van der Waals surface area contributed by atoms with Gasteiger partial charge in [0.1, 0.15) is 11.6 Å². The number of aromatic nitrogens is 2. The van der Waals surface area contributed by atoms with Crippen molar-refractivity contribution in [2.45, 2.75) is 12.8 Å². The summed E-state index contributed by atoms with van der Waals surface area (Å²) in [7, 11) is 0. The van der Waals surface area contributed by atoms with Crippen molar-refractivity contribution in [2.24, 2.45) is 0 Å². The van der Waals surface area contributed by atoms with Crippen LogP contribution in [0.1, 0.15) is 12.8 Å². The fourth-order valence-electron chi connectivity index (χ4n) is 3.75. The number of pyridine rings is 2. The van der Waals surface area contributed by atoms with Gasteiger partial charge in [0.25, 0.3) is 0 Å². The van der Waals surface area contributed by atoms with E-state index in [2.05, 4.69) is 38.4 Å². The highest BCUT2D eigenvalue weighted by Gasteiger charge is 2.13. The highest BCUT2D eigenvalue weighted by atomic mass is 16.1. The Morgan fingerprint density at radius 3 is 2.39 bits per heavy atom. The summed E-state index contributed by atoms with van der Waals surface area (Å²) in [6.45, 7) is 0. The molecule has 0 unspecified atom stereocenters. The second-order valence-corrected chi connectivity index (χ2v) is 7.41. The van der Waals surface area contributed by atoms with Gasteiger partial charge in [0.15, 0.2) is 5.43 Å². The van der Waals surface area contributed by atoms with Crippen molar-refractivity contribution in [3.63, 3.8) is 0 Å². The molecule has 0 amide bonds. The van der Waals surface area contributed by atoms with Crippen LogP contribution in [0.5, 0.6) is 0 Å². The van der Waals surface area contributed by atoms with Gasteiger partial charge in [-0.3, -0.25) is 9.36 Å². The van der Waals surface area contributed by atoms with E-state index in [1.54, 1.807) is 12.3 Å². The average Bonchev–Trinajstić information content (AvgIpc) is 2.81. The third kappa shape index (κ3) is 3.98. The molecule has 0 fully saturated rings. The predicted molar refractivity (Wildman–Crippen MR) is 127 cm³/mol. The topological polar surface area (TPSA) is 59.0 Å². The summed E-state index contributed by atoms with van der Waals surface area (Å²) in [6, 6.07) is 23.5. The molecule has 0 atom stereocenters. The molecule has 0 saturated carbocycles. The van der Waals surface area contributed by atoms with Gasteiger partial charge in [-0.25, -0.2) is 4.98 Å². The van der Waals surface area contributed by atoms with E-state index in [-0.39, 0.29) is 5.43 Å². The van der Waals surface area contributed by atoms with Gasteiger partial charge in [0, 0.05) is 35.4 Å². The molecule has 0 saturated heterocycles. The lowest BCUT2D eigenvalue weighted by Gasteiger charge is -2.20. The monoisotopic (exact) mass is 406 g/mol. The quantitative estimate of drug-likeness (QED) is 0.441. The van der Waals surface area contributed by atoms with Gasteiger partial charge in [-0.15, -0.1) is 0 Å². The third-order valence-corrected chi connectivity index (χ3v) is 5.23. The van der Waals surface area contributed by atoms with Crippen LogP contribution >= 0.6 is 0 Å². The Kier molecular flexibility index (Phi) is 5.07. The zero-order valence-electron chi connectivity index (χ0n) is 17.0. The molecule has 2 aromatic heterocycles. The van der Waals surface area contributed by atoms with Crippen molar-refractivity contribution in [1.29, 1.82) is 0 Å². The standard InChI is InChI=1S/C26H22N4O/c31-24-17-26(29-20-12-6-2-7-13-20)30(21-14-8-3-9-15-21)23-16-25(27-18-22(23)24)28-19-10-4-1-5-11-19/h1,3-6,8-18,29H,2,7H2,(H,27,28). The van der Waals surface area contributed by atoms with Gasteiger partial charge in [-0.1, -0.05) is 48.6 Å². The number of anilines is 3. The Hall–Kier alpha value is -4.12. The van der Waals surface area contributed by atoms with Gasteiger partial charge in [0.05, 0.1) is 10.9 Å². The number of para-hydroxylation sites is 2. The number of allylic oxidation sites excluding steroid dienone is 3. The molecule has 2 aromatic carbocycles. The van der Waals surface area contributed by atoms with E-state index in [0.29, 0.717) is 11.2 Å². The SMILES string of the molecule is O=c1cc(NC2=CCCC=C2)n(-c2ccccc2)c2cc(Nc3ccccc3)ncc12. The van der Waals surface area contributed by atoms with E-state index in [4.69, 9.17) is 0 Å². The van der Waals surface area contributed by atoms with E-state index < -0.39 is 0 Å². The van der Waals surface area contributed by atoms with Crippen LogP contribution in [0.3, 0.4) is 0 Å². The Labute approximate surface area is 180 Å². The van der Waals surface area contributed by atoms with Crippen molar-refractivity contribution in [1.82, 2.24) is 9.55 Å². The van der Waals surface area contributed by atoms with E-state index in [9.17, 15) is 4.79 Å². The van der Waals surface area contributed by atoms with Crippen LogP contribution < -0.4 is 16.1 Å². The molecule has 0 spiro atoms. The van der Waals surface area contributed by atoms with E-state index in [0.717, 1.165) is 41.2 Å². The summed E-state index contributed by atoms with van der Waals surface area (Å²) < 4.78 is 2.07. The second-order valence-electron chi connectivity index (χ2n) is 7.41. The molecule has 0 radical (unpaired) electrons. The molecule has 0 bridgehead atoms. The van der Waals surface area contributed by atoms with E-state index in [1.165, 1.54) is 0 Å². The maximum atomic E-state index is 12.9. The molecule has 0 aliphatic heterocycles. The Morgan fingerprint density at radius 2 is 1.65 bits per heavy atom. The highest BCUT2D eigenvalue weighted by molar-refractivity contribution is 5.85. The van der Waals surface area contributed by atoms with Crippen LogP contribution in [0, 0.1) is 0 Å². The van der Waals surface area contributed by atoms with Gasteiger partial charge >= 0.3 is 0 Å². The summed E-state index contributed by atoms with van der Waals surface area (Å²) in [5.74, 6) is 1.40. The van der Waals surface area contributed by atoms with Gasteiger partial charge in [-0.2, -0.15) is 0 Å². The lowest BCUT2D eigenvalue weighted by atomic mass is 10.1. The summed E-state index contributed by atoms with van der Waals surface area (Å²) in [4.78, 5) is 17.4. The van der Waals surface area contributed by atoms with Crippen LogP contribution in [0.25, 0.3) is 16.6 Å². The van der Waals surface area contributed by atoms with Gasteiger partial charge < -0.3 is 10.6 Å². The molecule has 2 N–H and O–H groups in total. The molecule has 2 heterocycles. The number of nitrogens with one attached hydrogen (secondary N) is 2. The molecule has 5 nitrogen and oxygen atoms in total. The van der Waals surface area contributed by atoms with Crippen molar-refractivity contribution < 1.29 is 0 Å². The van der Waals surface area contributed by atoms with E-state index >= 15 is 0 Å². The van der Waals surface area contributed by atoms with Crippen LogP contribution in [-0.4, -0.2) is 9.55 Å². The molecule has 5 heteroatoms. The number of nitrogens with zero attached hydrogens (tertiary/aromatic N) is 2. The Balaban J connectivity index is 1.69. The summed E-state index contributed by atoms with van der Waals surface area (Å²) in [5.41, 5.74) is 3.62. The summed E-state index contributed by atoms with van der Waals surface area (Å²) >= 11 is 0. The second kappa shape index (κ2) is 8.32. The number of hydrogen-bond acceptors (Lipinski definition) is 4. The lowest BCUT2D eigenvalue weighted by Crippen LogP contribution is -2.15. The van der Waals surface area contributed by atoms with Crippen molar-refractivity contribution in [3.05, 3.63) is 113 Å². The predicted octanol–water partition coefficient (Wildman–Crippen LogP) is 5.78. The zero-order valence-corrected chi connectivity index (χ0v) is 17.0. The average molecular weight is 406 g/mol. The van der Waals surface area contributed by atoms with E-state index in [1.807, 2.05) is 66.7 Å². The molecule has 4 aromatic rings. The van der Waals surface area contributed by atoms with Crippen molar-refractivity contribution in [3.8, 4) is 5.69 Å². The van der Waals surface area contributed by atoms with Crippen LogP contribution in [-0.2, 0) is 0 Å². The minimum atomic E-state index is -0.0659. The normalized spacial score (nSPS) is 13.1. The van der Waals surface area contributed by atoms with Crippen LogP contribution in [0.4, 0.5) is 17.3 Å². The summed E-state index contributed by atoms with van der Waals surface area (Å²) in [5, 5.41) is 7.34.